The Morgan fingerprint density at radius 2 is 0.356 bits per heavy atom. The first kappa shape index (κ1) is 39.6. The van der Waals surface area contributed by atoms with Crippen molar-refractivity contribution >= 4 is 35.8 Å². The standard InChI is InChI=1S/C27H42O18/c28-22-19-24(30)42-15-9-36-3-4-38-11-17-44-26(32)21-27(33)45-18-12-39-6-5-37-10-16-43-25(31)20-23(29)41-14-8-35-2-1-34-7-13-40-22/h1-21H2. The van der Waals surface area contributed by atoms with Crippen LogP contribution in [-0.2, 0) is 85.6 Å². The number of hydrogen-bond acceptors (Lipinski definition) is 18. The van der Waals surface area contributed by atoms with E-state index < -0.39 is 55.1 Å². The Balaban J connectivity index is 2.29. The first-order valence-corrected chi connectivity index (χ1v) is 14.3. The number of cyclic esters (lactones) is 6. The van der Waals surface area contributed by atoms with Crippen molar-refractivity contribution in [2.24, 2.45) is 0 Å². The molecule has 0 atom stereocenters. The highest BCUT2D eigenvalue weighted by Gasteiger charge is 2.14. The molecule has 0 aromatic carbocycles. The molecule has 0 radical (unpaired) electrons. The van der Waals surface area contributed by atoms with Crippen molar-refractivity contribution in [3.63, 3.8) is 0 Å². The van der Waals surface area contributed by atoms with Crippen LogP contribution >= 0.6 is 0 Å². The summed E-state index contributed by atoms with van der Waals surface area (Å²) in [5, 5.41) is 0. The summed E-state index contributed by atoms with van der Waals surface area (Å²) in [6.45, 7) is 1.11. The maximum atomic E-state index is 11.7. The number of hydrogen-bond donors (Lipinski definition) is 0. The number of rotatable bonds is 0. The van der Waals surface area contributed by atoms with Gasteiger partial charge in [0, 0.05) is 0 Å². The van der Waals surface area contributed by atoms with Gasteiger partial charge in [-0.3, -0.25) is 28.8 Å². The third kappa shape index (κ3) is 26.7. The predicted molar refractivity (Wildman–Crippen MR) is 145 cm³/mol. The van der Waals surface area contributed by atoms with Gasteiger partial charge < -0.3 is 56.8 Å². The van der Waals surface area contributed by atoms with Crippen molar-refractivity contribution in [3.05, 3.63) is 0 Å². The van der Waals surface area contributed by atoms with E-state index in [1.807, 2.05) is 0 Å². The summed E-state index contributed by atoms with van der Waals surface area (Å²) in [6.07, 6.45) is -1.70. The molecule has 0 aromatic rings. The van der Waals surface area contributed by atoms with E-state index >= 15 is 0 Å². The molecule has 0 N–H and O–H groups in total. The fraction of sp³-hybridized carbons (Fsp3) is 0.778. The van der Waals surface area contributed by atoms with Gasteiger partial charge in [0.25, 0.3) is 0 Å². The van der Waals surface area contributed by atoms with E-state index in [0.29, 0.717) is 0 Å². The van der Waals surface area contributed by atoms with Gasteiger partial charge in [-0.05, 0) is 0 Å². The lowest BCUT2D eigenvalue weighted by Crippen LogP contribution is -2.19. The highest BCUT2D eigenvalue weighted by molar-refractivity contribution is 5.92. The summed E-state index contributed by atoms with van der Waals surface area (Å²) in [6, 6.07) is 0. The number of ether oxygens (including phenoxy) is 12. The molecule has 45 heavy (non-hydrogen) atoms. The van der Waals surface area contributed by atoms with E-state index in [1.54, 1.807) is 0 Å². The van der Waals surface area contributed by atoms with Crippen molar-refractivity contribution in [1.82, 2.24) is 0 Å². The van der Waals surface area contributed by atoms with E-state index in [0.717, 1.165) is 0 Å². The van der Waals surface area contributed by atoms with Crippen molar-refractivity contribution in [2.45, 2.75) is 19.3 Å². The highest BCUT2D eigenvalue weighted by Crippen LogP contribution is 1.95. The Morgan fingerprint density at radius 3 is 0.511 bits per heavy atom. The molecule has 0 bridgehead atoms. The molecule has 0 saturated carbocycles. The van der Waals surface area contributed by atoms with E-state index in [-0.39, 0.29) is 119 Å². The highest BCUT2D eigenvalue weighted by atomic mass is 16.6. The van der Waals surface area contributed by atoms with E-state index in [9.17, 15) is 28.8 Å². The van der Waals surface area contributed by atoms with Gasteiger partial charge >= 0.3 is 35.8 Å². The Labute approximate surface area is 260 Å². The second-order valence-corrected chi connectivity index (χ2v) is 8.53. The van der Waals surface area contributed by atoms with Gasteiger partial charge in [0.1, 0.15) is 58.9 Å². The fourth-order valence-corrected chi connectivity index (χ4v) is 2.91. The first-order chi connectivity index (χ1) is 21.9. The van der Waals surface area contributed by atoms with Crippen LogP contribution in [0, 0.1) is 0 Å². The number of esters is 6. The summed E-state index contributed by atoms with van der Waals surface area (Å²) in [7, 11) is 0. The summed E-state index contributed by atoms with van der Waals surface area (Å²) >= 11 is 0. The van der Waals surface area contributed by atoms with Crippen molar-refractivity contribution < 1.29 is 85.6 Å². The Bertz CT molecular complexity index is 687. The second kappa shape index (κ2) is 28.1. The first-order valence-electron chi connectivity index (χ1n) is 14.3. The molecule has 258 valence electrons. The van der Waals surface area contributed by atoms with Crippen LogP contribution < -0.4 is 0 Å². The van der Waals surface area contributed by atoms with Gasteiger partial charge in [-0.15, -0.1) is 0 Å². The van der Waals surface area contributed by atoms with Gasteiger partial charge in [0.2, 0.25) is 0 Å². The van der Waals surface area contributed by atoms with Crippen LogP contribution in [0.25, 0.3) is 0 Å². The Morgan fingerprint density at radius 1 is 0.222 bits per heavy atom. The van der Waals surface area contributed by atoms with Crippen molar-refractivity contribution in [2.75, 3.05) is 119 Å². The van der Waals surface area contributed by atoms with Crippen LogP contribution in [0.1, 0.15) is 19.3 Å². The molecular formula is C27H42O18. The topological polar surface area (TPSA) is 213 Å². The number of carbonyl (C=O) groups is 6. The third-order valence-electron chi connectivity index (χ3n) is 4.93. The van der Waals surface area contributed by atoms with Crippen LogP contribution in [-0.4, -0.2) is 155 Å². The lowest BCUT2D eigenvalue weighted by molar-refractivity contribution is -0.158. The molecule has 1 aliphatic rings. The average Bonchev–Trinajstić information content (AvgIpc) is 2.99. The zero-order valence-electron chi connectivity index (χ0n) is 25.2. The Hall–Kier alpha value is -3.42. The largest absolute Gasteiger partial charge is 0.463 e. The van der Waals surface area contributed by atoms with Gasteiger partial charge in [0.15, 0.2) is 0 Å². The average molecular weight is 655 g/mol. The van der Waals surface area contributed by atoms with Gasteiger partial charge in [-0.1, -0.05) is 0 Å². The smallest absolute Gasteiger partial charge is 0.317 e. The third-order valence-corrected chi connectivity index (χ3v) is 4.93. The minimum atomic E-state index is -0.773. The lowest BCUT2D eigenvalue weighted by atomic mass is 10.4. The molecule has 0 unspecified atom stereocenters. The maximum Gasteiger partial charge on any atom is 0.317 e. The quantitative estimate of drug-likeness (QED) is 0.166. The minimum absolute atomic E-state index is 0.0742. The molecule has 1 fully saturated rings. The van der Waals surface area contributed by atoms with E-state index in [4.69, 9.17) is 56.8 Å². The molecule has 1 saturated heterocycles. The zero-order valence-corrected chi connectivity index (χ0v) is 25.2. The van der Waals surface area contributed by atoms with Crippen LogP contribution in [0.2, 0.25) is 0 Å². The van der Waals surface area contributed by atoms with E-state index in [2.05, 4.69) is 0 Å². The van der Waals surface area contributed by atoms with Crippen LogP contribution in [0.3, 0.4) is 0 Å². The summed E-state index contributed by atoms with van der Waals surface area (Å²) in [5.41, 5.74) is 0. The molecule has 1 heterocycles. The molecule has 18 nitrogen and oxygen atoms in total. The molecular weight excluding hydrogens is 612 g/mol. The van der Waals surface area contributed by atoms with Crippen LogP contribution in [0.15, 0.2) is 0 Å². The molecule has 0 amide bonds. The molecule has 0 spiro atoms. The summed E-state index contributed by atoms with van der Waals surface area (Å²) < 4.78 is 60.7. The number of carbonyl (C=O) groups excluding carboxylic acids is 6. The van der Waals surface area contributed by atoms with Gasteiger partial charge in [-0.25, -0.2) is 0 Å². The normalized spacial score (nSPS) is 21.6. The molecule has 0 aromatic heterocycles. The Kier molecular flexibility index (Phi) is 24.7. The summed E-state index contributed by atoms with van der Waals surface area (Å²) in [5.74, 6) is -4.64. The fourth-order valence-electron chi connectivity index (χ4n) is 2.91. The summed E-state index contributed by atoms with van der Waals surface area (Å²) in [4.78, 5) is 70.0. The van der Waals surface area contributed by atoms with Gasteiger partial charge in [0.05, 0.1) is 79.3 Å². The monoisotopic (exact) mass is 654 g/mol. The minimum Gasteiger partial charge on any atom is -0.463 e. The molecule has 1 aliphatic heterocycles. The van der Waals surface area contributed by atoms with Gasteiger partial charge in [-0.2, -0.15) is 0 Å². The SMILES string of the molecule is O=C1CC(=O)OCCOCCOCCOC(=O)CC(=O)OCCOCCOCCOC(=O)CC(=O)OCCOCCOCCO1. The predicted octanol–water partition coefficient (Wildman–Crippen LogP) is -1.47. The molecule has 0 aliphatic carbocycles. The zero-order chi connectivity index (χ0) is 32.8. The second-order valence-electron chi connectivity index (χ2n) is 8.53. The van der Waals surface area contributed by atoms with Crippen LogP contribution in [0.4, 0.5) is 0 Å². The van der Waals surface area contributed by atoms with Crippen LogP contribution in [0.5, 0.6) is 0 Å². The molecule has 1 rings (SSSR count). The van der Waals surface area contributed by atoms with Crippen molar-refractivity contribution in [3.8, 4) is 0 Å². The van der Waals surface area contributed by atoms with Crippen molar-refractivity contribution in [1.29, 1.82) is 0 Å². The maximum absolute atomic E-state index is 11.7. The van der Waals surface area contributed by atoms with E-state index in [1.165, 1.54) is 0 Å². The lowest BCUT2D eigenvalue weighted by Gasteiger charge is -2.09. The molecule has 18 heteroatoms.